The molecule has 0 aliphatic heterocycles. The summed E-state index contributed by atoms with van der Waals surface area (Å²) in [5.74, 6) is 1.93. The first-order valence-corrected chi connectivity index (χ1v) is 7.89. The van der Waals surface area contributed by atoms with Crippen LogP contribution in [0.4, 0.5) is 5.69 Å². The Morgan fingerprint density at radius 2 is 1.89 bits per heavy atom. The highest BCUT2D eigenvalue weighted by Gasteiger charge is 2.00. The van der Waals surface area contributed by atoms with E-state index in [2.05, 4.69) is 15.9 Å². The van der Waals surface area contributed by atoms with E-state index >= 15 is 0 Å². The first-order chi connectivity index (χ1) is 9.25. The predicted octanol–water partition coefficient (Wildman–Crippen LogP) is 4.59. The fraction of sp³-hybridized carbons (Fsp3) is 0.200. The molecule has 0 amide bonds. The average molecular weight is 338 g/mol. The van der Waals surface area contributed by atoms with Crippen molar-refractivity contribution in [3.05, 3.63) is 53.0 Å². The second kappa shape index (κ2) is 7.46. The van der Waals surface area contributed by atoms with Gasteiger partial charge in [-0.3, -0.25) is 0 Å². The molecule has 19 heavy (non-hydrogen) atoms. The van der Waals surface area contributed by atoms with Crippen LogP contribution in [0.5, 0.6) is 5.75 Å². The molecule has 2 aromatic rings. The molecule has 4 heteroatoms. The van der Waals surface area contributed by atoms with Gasteiger partial charge in [-0.05, 0) is 36.8 Å². The van der Waals surface area contributed by atoms with Crippen LogP contribution in [0.2, 0.25) is 0 Å². The first kappa shape index (κ1) is 14.3. The molecule has 2 aromatic carbocycles. The van der Waals surface area contributed by atoms with Crippen LogP contribution in [0.3, 0.4) is 0 Å². The Hall–Kier alpha value is -1.13. The maximum Gasteiger partial charge on any atom is 0.119 e. The van der Waals surface area contributed by atoms with Crippen LogP contribution < -0.4 is 10.5 Å². The van der Waals surface area contributed by atoms with Crippen LogP contribution in [-0.4, -0.2) is 12.4 Å². The fourth-order valence-electron chi connectivity index (χ4n) is 1.60. The third-order valence-electron chi connectivity index (χ3n) is 2.53. The molecule has 0 saturated carbocycles. The topological polar surface area (TPSA) is 35.2 Å². The number of halogens is 1. The number of thioether (sulfide) groups is 1. The van der Waals surface area contributed by atoms with E-state index in [1.807, 2.05) is 48.5 Å². The molecule has 100 valence electrons. The van der Waals surface area contributed by atoms with Gasteiger partial charge in [-0.25, -0.2) is 0 Å². The van der Waals surface area contributed by atoms with E-state index < -0.39 is 0 Å². The standard InChI is InChI=1S/C15H16BrNOS/c16-12-7-8-15(14(17)11-12)19-10-4-9-18-13-5-2-1-3-6-13/h1-3,5-8,11H,4,9-10,17H2. The van der Waals surface area contributed by atoms with E-state index in [4.69, 9.17) is 10.5 Å². The third kappa shape index (κ3) is 4.80. The highest BCUT2D eigenvalue weighted by atomic mass is 79.9. The zero-order chi connectivity index (χ0) is 13.5. The van der Waals surface area contributed by atoms with Gasteiger partial charge in [0.2, 0.25) is 0 Å². The van der Waals surface area contributed by atoms with Crippen molar-refractivity contribution in [1.29, 1.82) is 0 Å². The number of nitrogens with two attached hydrogens (primary N) is 1. The normalized spacial score (nSPS) is 10.4. The summed E-state index contributed by atoms with van der Waals surface area (Å²) in [4.78, 5) is 1.13. The van der Waals surface area contributed by atoms with E-state index in [0.717, 1.165) is 39.6 Å². The molecule has 0 saturated heterocycles. The van der Waals surface area contributed by atoms with Gasteiger partial charge in [-0.15, -0.1) is 11.8 Å². The average Bonchev–Trinajstić information content (AvgIpc) is 2.42. The molecule has 0 heterocycles. The smallest absolute Gasteiger partial charge is 0.119 e. The summed E-state index contributed by atoms with van der Waals surface area (Å²) in [6, 6.07) is 15.9. The summed E-state index contributed by atoms with van der Waals surface area (Å²) in [5.41, 5.74) is 6.77. The van der Waals surface area contributed by atoms with Crippen molar-refractivity contribution >= 4 is 33.4 Å². The summed E-state index contributed by atoms with van der Waals surface area (Å²) >= 11 is 5.17. The largest absolute Gasteiger partial charge is 0.494 e. The van der Waals surface area contributed by atoms with E-state index in [1.165, 1.54) is 0 Å². The van der Waals surface area contributed by atoms with Crippen molar-refractivity contribution in [2.24, 2.45) is 0 Å². The molecule has 0 unspecified atom stereocenters. The minimum absolute atomic E-state index is 0.730. The van der Waals surface area contributed by atoms with Crippen LogP contribution in [0.15, 0.2) is 57.9 Å². The number of ether oxygens (including phenoxy) is 1. The molecule has 2 rings (SSSR count). The van der Waals surface area contributed by atoms with Crippen molar-refractivity contribution < 1.29 is 4.74 Å². The van der Waals surface area contributed by atoms with Gasteiger partial charge in [-0.1, -0.05) is 34.1 Å². The van der Waals surface area contributed by atoms with Crippen molar-refractivity contribution in [1.82, 2.24) is 0 Å². The maximum atomic E-state index is 5.95. The molecule has 0 atom stereocenters. The molecular weight excluding hydrogens is 322 g/mol. The van der Waals surface area contributed by atoms with Crippen LogP contribution in [0.1, 0.15) is 6.42 Å². The highest BCUT2D eigenvalue weighted by molar-refractivity contribution is 9.10. The lowest BCUT2D eigenvalue weighted by Gasteiger charge is -2.07. The second-order valence-corrected chi connectivity index (χ2v) is 6.10. The number of hydrogen-bond acceptors (Lipinski definition) is 3. The summed E-state index contributed by atoms with van der Waals surface area (Å²) in [7, 11) is 0. The molecule has 0 radical (unpaired) electrons. The van der Waals surface area contributed by atoms with Gasteiger partial charge in [0, 0.05) is 20.8 Å². The molecule has 0 spiro atoms. The molecule has 2 N–H and O–H groups in total. The van der Waals surface area contributed by atoms with Crippen LogP contribution in [-0.2, 0) is 0 Å². The minimum Gasteiger partial charge on any atom is -0.494 e. The number of benzene rings is 2. The number of nitrogen functional groups attached to an aromatic ring is 1. The zero-order valence-electron chi connectivity index (χ0n) is 10.5. The van der Waals surface area contributed by atoms with E-state index in [9.17, 15) is 0 Å². The van der Waals surface area contributed by atoms with Gasteiger partial charge < -0.3 is 10.5 Å². The molecule has 0 aromatic heterocycles. The van der Waals surface area contributed by atoms with Crippen molar-refractivity contribution in [2.45, 2.75) is 11.3 Å². The van der Waals surface area contributed by atoms with Crippen molar-refractivity contribution in [3.8, 4) is 5.75 Å². The van der Waals surface area contributed by atoms with Gasteiger partial charge in [0.1, 0.15) is 5.75 Å². The Morgan fingerprint density at radius 3 is 2.63 bits per heavy atom. The van der Waals surface area contributed by atoms with E-state index in [-0.39, 0.29) is 0 Å². The van der Waals surface area contributed by atoms with Gasteiger partial charge in [0.05, 0.1) is 6.61 Å². The fourth-order valence-corrected chi connectivity index (χ4v) is 2.85. The SMILES string of the molecule is Nc1cc(Br)ccc1SCCCOc1ccccc1. The lowest BCUT2D eigenvalue weighted by Crippen LogP contribution is -1.98. The summed E-state index contributed by atoms with van der Waals surface area (Å²) in [5, 5.41) is 0. The summed E-state index contributed by atoms with van der Waals surface area (Å²) in [6.07, 6.45) is 0.995. The number of para-hydroxylation sites is 1. The Bertz CT molecular complexity index is 519. The van der Waals surface area contributed by atoms with Gasteiger partial charge in [0.25, 0.3) is 0 Å². The predicted molar refractivity (Wildman–Crippen MR) is 85.8 cm³/mol. The molecule has 2 nitrogen and oxygen atoms in total. The second-order valence-electron chi connectivity index (χ2n) is 4.05. The van der Waals surface area contributed by atoms with E-state index in [1.54, 1.807) is 11.8 Å². The lowest BCUT2D eigenvalue weighted by molar-refractivity contribution is 0.319. The van der Waals surface area contributed by atoms with Gasteiger partial charge >= 0.3 is 0 Å². The van der Waals surface area contributed by atoms with Crippen molar-refractivity contribution in [2.75, 3.05) is 18.1 Å². The van der Waals surface area contributed by atoms with Gasteiger partial charge in [0.15, 0.2) is 0 Å². The summed E-state index contributed by atoms with van der Waals surface area (Å²) < 4.78 is 6.66. The zero-order valence-corrected chi connectivity index (χ0v) is 12.9. The van der Waals surface area contributed by atoms with Crippen LogP contribution in [0, 0.1) is 0 Å². The van der Waals surface area contributed by atoms with Crippen LogP contribution >= 0.6 is 27.7 Å². The van der Waals surface area contributed by atoms with Crippen LogP contribution in [0.25, 0.3) is 0 Å². The molecular formula is C15H16BrNOS. The summed E-state index contributed by atoms with van der Waals surface area (Å²) in [6.45, 7) is 0.730. The quantitative estimate of drug-likeness (QED) is 0.475. The number of rotatable bonds is 6. The maximum absolute atomic E-state index is 5.95. The molecule has 0 bridgehead atoms. The number of anilines is 1. The first-order valence-electron chi connectivity index (χ1n) is 6.11. The van der Waals surface area contributed by atoms with E-state index in [0.29, 0.717) is 0 Å². The van der Waals surface area contributed by atoms with Crippen molar-refractivity contribution in [3.63, 3.8) is 0 Å². The van der Waals surface area contributed by atoms with Gasteiger partial charge in [-0.2, -0.15) is 0 Å². The lowest BCUT2D eigenvalue weighted by atomic mass is 10.3. The third-order valence-corrected chi connectivity index (χ3v) is 4.20. The number of hydrogen-bond donors (Lipinski definition) is 1. The molecule has 0 aliphatic rings. The Balaban J connectivity index is 1.69. The minimum atomic E-state index is 0.730. The Kier molecular flexibility index (Phi) is 5.61. The molecule has 0 fully saturated rings. The molecule has 0 aliphatic carbocycles. The highest BCUT2D eigenvalue weighted by Crippen LogP contribution is 2.28. The monoisotopic (exact) mass is 337 g/mol. The Morgan fingerprint density at radius 1 is 1.11 bits per heavy atom. The Labute approximate surface area is 126 Å².